The van der Waals surface area contributed by atoms with E-state index in [9.17, 15) is 4.79 Å². The number of nitrogens with zero attached hydrogens (tertiary/aromatic N) is 3. The molecule has 0 saturated heterocycles. The van der Waals surface area contributed by atoms with Crippen LogP contribution in [0.3, 0.4) is 0 Å². The minimum atomic E-state index is -0.0301. The molecule has 3 rings (SSSR count). The Labute approximate surface area is 90.4 Å². The number of aromatic amines is 1. The Bertz CT molecular complexity index is 698. The summed E-state index contributed by atoms with van der Waals surface area (Å²) in [5.74, 6) is 0. The van der Waals surface area contributed by atoms with Gasteiger partial charge in [0.25, 0.3) is 0 Å². The van der Waals surface area contributed by atoms with Crippen molar-refractivity contribution in [2.45, 2.75) is 0 Å². The van der Waals surface area contributed by atoms with Crippen molar-refractivity contribution in [3.63, 3.8) is 0 Å². The fourth-order valence-corrected chi connectivity index (χ4v) is 1.67. The minimum absolute atomic E-state index is 0.0301. The van der Waals surface area contributed by atoms with Gasteiger partial charge in [-0.15, -0.1) is 0 Å². The zero-order valence-electron chi connectivity index (χ0n) is 8.29. The molecule has 3 aromatic heterocycles. The van der Waals surface area contributed by atoms with Gasteiger partial charge >= 0.3 is 0 Å². The maximum Gasteiger partial charge on any atom is 0.189 e. The number of hydrogen-bond acceptors (Lipinski definition) is 3. The Morgan fingerprint density at radius 3 is 3.06 bits per heavy atom. The molecule has 78 valence electrons. The molecule has 0 unspecified atom stereocenters. The van der Waals surface area contributed by atoms with Crippen LogP contribution < -0.4 is 5.43 Å². The van der Waals surface area contributed by atoms with E-state index in [-0.39, 0.29) is 5.43 Å². The summed E-state index contributed by atoms with van der Waals surface area (Å²) in [5.41, 5.74) is 2.18. The highest BCUT2D eigenvalue weighted by atomic mass is 16.1. The van der Waals surface area contributed by atoms with E-state index >= 15 is 0 Å². The van der Waals surface area contributed by atoms with E-state index in [1.165, 1.54) is 6.07 Å². The number of H-pyrrole nitrogens is 1. The number of aromatic nitrogens is 4. The van der Waals surface area contributed by atoms with E-state index in [0.29, 0.717) is 5.56 Å². The lowest BCUT2D eigenvalue weighted by Crippen LogP contribution is -2.02. The predicted molar refractivity (Wildman–Crippen MR) is 59.0 cm³/mol. The lowest BCUT2D eigenvalue weighted by atomic mass is 10.1. The standard InChI is InChI=1S/C11H8N4O/c16-11-1-2-12-5-9(11)8-6-14-15-4-3-13-7-10(8)15/h1-7H,(H,12,16). The maximum atomic E-state index is 11.7. The Morgan fingerprint density at radius 2 is 2.19 bits per heavy atom. The van der Waals surface area contributed by atoms with E-state index in [1.807, 2.05) is 0 Å². The second kappa shape index (κ2) is 3.30. The third-order valence-corrected chi connectivity index (χ3v) is 2.44. The van der Waals surface area contributed by atoms with Crippen molar-refractivity contribution < 1.29 is 0 Å². The number of rotatable bonds is 1. The zero-order chi connectivity index (χ0) is 11.0. The van der Waals surface area contributed by atoms with Crippen molar-refractivity contribution in [1.29, 1.82) is 0 Å². The summed E-state index contributed by atoms with van der Waals surface area (Å²) >= 11 is 0. The van der Waals surface area contributed by atoms with Gasteiger partial charge in [-0.05, 0) is 0 Å². The second-order valence-electron chi connectivity index (χ2n) is 3.39. The molecule has 0 spiro atoms. The van der Waals surface area contributed by atoms with Crippen LogP contribution in [0.1, 0.15) is 0 Å². The molecule has 0 aliphatic carbocycles. The topological polar surface area (TPSA) is 63.0 Å². The van der Waals surface area contributed by atoms with Gasteiger partial charge in [-0.3, -0.25) is 9.78 Å². The molecule has 3 heterocycles. The van der Waals surface area contributed by atoms with Gasteiger partial charge in [0.15, 0.2) is 5.43 Å². The van der Waals surface area contributed by atoms with Crippen LogP contribution in [-0.2, 0) is 0 Å². The summed E-state index contributed by atoms with van der Waals surface area (Å²) in [5, 5.41) is 4.16. The average Bonchev–Trinajstić information content (AvgIpc) is 2.74. The SMILES string of the molecule is O=c1cc[nH]cc1-c1cnn2ccncc12. The maximum absolute atomic E-state index is 11.7. The molecule has 1 N–H and O–H groups in total. The smallest absolute Gasteiger partial charge is 0.189 e. The number of nitrogens with one attached hydrogen (secondary N) is 1. The normalized spacial score (nSPS) is 10.8. The van der Waals surface area contributed by atoms with Crippen LogP contribution in [0.4, 0.5) is 0 Å². The summed E-state index contributed by atoms with van der Waals surface area (Å²) in [6, 6.07) is 1.50. The molecule has 5 heteroatoms. The van der Waals surface area contributed by atoms with Crippen molar-refractivity contribution in [2.75, 3.05) is 0 Å². The second-order valence-corrected chi connectivity index (χ2v) is 3.39. The molecule has 0 radical (unpaired) electrons. The van der Waals surface area contributed by atoms with Crippen LogP contribution in [0.5, 0.6) is 0 Å². The molecule has 3 aromatic rings. The Balaban J connectivity index is 2.35. The van der Waals surface area contributed by atoms with Gasteiger partial charge in [-0.1, -0.05) is 0 Å². The molecule has 0 aliphatic heterocycles. The van der Waals surface area contributed by atoms with E-state index < -0.39 is 0 Å². The monoisotopic (exact) mass is 212 g/mol. The van der Waals surface area contributed by atoms with Gasteiger partial charge < -0.3 is 4.98 Å². The van der Waals surface area contributed by atoms with Gasteiger partial charge in [0.05, 0.1) is 17.9 Å². The van der Waals surface area contributed by atoms with Crippen LogP contribution in [0, 0.1) is 0 Å². The highest BCUT2D eigenvalue weighted by Crippen LogP contribution is 2.19. The van der Waals surface area contributed by atoms with Crippen molar-refractivity contribution in [2.24, 2.45) is 0 Å². The first kappa shape index (κ1) is 8.84. The highest BCUT2D eigenvalue weighted by molar-refractivity contribution is 5.78. The van der Waals surface area contributed by atoms with E-state index in [2.05, 4.69) is 15.1 Å². The first-order valence-corrected chi connectivity index (χ1v) is 4.81. The lowest BCUT2D eigenvalue weighted by molar-refractivity contribution is 0.946. The molecule has 5 nitrogen and oxygen atoms in total. The van der Waals surface area contributed by atoms with Gasteiger partial charge in [0, 0.05) is 42.0 Å². The third kappa shape index (κ3) is 1.22. The van der Waals surface area contributed by atoms with E-state index in [0.717, 1.165) is 11.1 Å². The summed E-state index contributed by atoms with van der Waals surface area (Å²) in [4.78, 5) is 18.6. The Morgan fingerprint density at radius 1 is 1.25 bits per heavy atom. The summed E-state index contributed by atoms with van der Waals surface area (Å²) in [6.45, 7) is 0. The van der Waals surface area contributed by atoms with Crippen molar-refractivity contribution >= 4 is 5.52 Å². The number of pyridine rings is 1. The Kier molecular flexibility index (Phi) is 1.83. The van der Waals surface area contributed by atoms with Gasteiger partial charge in [0.1, 0.15) is 0 Å². The van der Waals surface area contributed by atoms with E-state index in [4.69, 9.17) is 0 Å². The van der Waals surface area contributed by atoms with Crippen molar-refractivity contribution in [1.82, 2.24) is 19.6 Å². The van der Waals surface area contributed by atoms with Crippen LogP contribution in [0.15, 0.2) is 48.0 Å². The molecule has 0 bridgehead atoms. The number of hydrogen-bond donors (Lipinski definition) is 1. The highest BCUT2D eigenvalue weighted by Gasteiger charge is 2.08. The van der Waals surface area contributed by atoms with Crippen molar-refractivity contribution in [3.8, 4) is 11.1 Å². The van der Waals surface area contributed by atoms with Gasteiger partial charge in [-0.25, -0.2) is 4.52 Å². The quantitative estimate of drug-likeness (QED) is 0.656. The molecule has 0 aromatic carbocycles. The zero-order valence-corrected chi connectivity index (χ0v) is 8.29. The van der Waals surface area contributed by atoms with Gasteiger partial charge in [0.2, 0.25) is 0 Å². The summed E-state index contributed by atoms with van der Waals surface area (Å²) in [6.07, 6.45) is 10.0. The largest absolute Gasteiger partial charge is 0.367 e. The first-order valence-electron chi connectivity index (χ1n) is 4.81. The fourth-order valence-electron chi connectivity index (χ4n) is 1.67. The molecule has 0 aliphatic rings. The first-order chi connectivity index (χ1) is 7.86. The van der Waals surface area contributed by atoms with Crippen molar-refractivity contribution in [3.05, 3.63) is 53.5 Å². The minimum Gasteiger partial charge on any atom is -0.367 e. The van der Waals surface area contributed by atoms with Crippen LogP contribution >= 0.6 is 0 Å². The third-order valence-electron chi connectivity index (χ3n) is 2.44. The molecular formula is C11H8N4O. The molecule has 0 amide bonds. The molecule has 0 fully saturated rings. The average molecular weight is 212 g/mol. The molecular weight excluding hydrogens is 204 g/mol. The van der Waals surface area contributed by atoms with E-state index in [1.54, 1.807) is 41.7 Å². The van der Waals surface area contributed by atoms with Gasteiger partial charge in [-0.2, -0.15) is 5.10 Å². The summed E-state index contributed by atoms with van der Waals surface area (Å²) < 4.78 is 1.69. The lowest BCUT2D eigenvalue weighted by Gasteiger charge is -1.96. The molecule has 16 heavy (non-hydrogen) atoms. The fraction of sp³-hybridized carbons (Fsp3) is 0. The van der Waals surface area contributed by atoms with Crippen LogP contribution in [-0.4, -0.2) is 19.6 Å². The molecule has 0 saturated carbocycles. The van der Waals surface area contributed by atoms with Crippen LogP contribution in [0.25, 0.3) is 16.6 Å². The van der Waals surface area contributed by atoms with Crippen LogP contribution in [0.2, 0.25) is 0 Å². The molecule has 0 atom stereocenters. The predicted octanol–water partition coefficient (Wildman–Crippen LogP) is 1.08. The Hall–Kier alpha value is -2.43. The number of fused-ring (bicyclic) bond motifs is 1. The summed E-state index contributed by atoms with van der Waals surface area (Å²) in [7, 11) is 0.